The summed E-state index contributed by atoms with van der Waals surface area (Å²) in [7, 11) is 0. The maximum atomic E-state index is 16.0. The smallest absolute Gasteiger partial charge is 0.315 e. The molecule has 0 amide bonds. The zero-order chi connectivity index (χ0) is 67.5. The van der Waals surface area contributed by atoms with Gasteiger partial charge in [-0.05, 0) is 113 Å². The first-order valence-corrected chi connectivity index (χ1v) is 32.0. The van der Waals surface area contributed by atoms with Gasteiger partial charge in [0.05, 0.1) is 62.2 Å². The summed E-state index contributed by atoms with van der Waals surface area (Å²) in [5, 5.41) is 154. The highest BCUT2D eigenvalue weighted by molar-refractivity contribution is 5.79. The van der Waals surface area contributed by atoms with Gasteiger partial charge in [0.25, 0.3) is 0 Å². The highest BCUT2D eigenvalue weighted by Crippen LogP contribution is 2.76. The van der Waals surface area contributed by atoms with Gasteiger partial charge in [0.2, 0.25) is 6.29 Å². The van der Waals surface area contributed by atoms with E-state index in [2.05, 4.69) is 26.8 Å². The van der Waals surface area contributed by atoms with Crippen LogP contribution in [-0.4, -0.2) is 275 Å². The maximum absolute atomic E-state index is 16.0. The Morgan fingerprint density at radius 1 is 0.587 bits per heavy atom. The number of hydrogen-bond donors (Lipinski definition) is 14. The minimum absolute atomic E-state index is 0.00321. The second-order valence-corrected chi connectivity index (χ2v) is 29.3. The van der Waals surface area contributed by atoms with Gasteiger partial charge in [0.1, 0.15) is 78.8 Å². The molecule has 524 valence electrons. The van der Waals surface area contributed by atoms with Crippen LogP contribution in [0.15, 0.2) is 11.6 Å². The van der Waals surface area contributed by atoms with Crippen molar-refractivity contribution in [2.24, 2.45) is 50.2 Å². The van der Waals surface area contributed by atoms with E-state index < -0.39 is 236 Å². The van der Waals surface area contributed by atoms with E-state index >= 15 is 4.79 Å². The first-order chi connectivity index (χ1) is 43.0. The molecule has 5 saturated heterocycles. The molecule has 14 N–H and O–H groups in total. The predicted octanol–water partition coefficient (Wildman–Crippen LogP) is -2.73. The Hall–Kier alpha value is -3.26. The quantitative estimate of drug-likeness (QED) is 0.0323. The summed E-state index contributed by atoms with van der Waals surface area (Å²) in [5.41, 5.74) is -7.78. The van der Waals surface area contributed by atoms with Gasteiger partial charge in [0, 0.05) is 19.3 Å². The van der Waals surface area contributed by atoms with E-state index in [-0.39, 0.29) is 50.0 Å². The Labute approximate surface area is 531 Å². The molecule has 5 aliphatic carbocycles. The highest BCUT2D eigenvalue weighted by atomic mass is 16.8. The number of carbonyl (C=O) groups excluding carboxylic acids is 3. The lowest BCUT2D eigenvalue weighted by atomic mass is 9.33. The van der Waals surface area contributed by atoms with Crippen LogP contribution in [-0.2, 0) is 76.0 Å². The number of aliphatic carboxylic acids is 1. The SMILES string of the molecule is CC(=O)O[C@H]1[C@@H](OC(C)=O)[C@@H](C)O[C@@H](OC(=O)[C@]23CCC(C)(C)C[C@H]2C2=CC[C@@H]4[C@@]5(C)C[C@H](O)[C@H](O[C@@H]6O[C@H](CO)[C@@H](O)[C@H](O)[C@H]6O)[C@@](C)(C(=O)O)[C@@H]5CC[C@@]4(C)[C@]2(CO)CC3)[C@@H]1O[C@@H]1O[C@@H](C)[C@H](O[C@@H]2OC[C@@H](O)[C@H](O)[C@H]2O)[C@@H](O[C@@H]2OC[C@](O)(CO)[C@H]2O)[C@H]1O. The number of carboxylic acid groups (broad SMARTS) is 1. The summed E-state index contributed by atoms with van der Waals surface area (Å²) >= 11 is 0. The fourth-order valence-corrected chi connectivity index (χ4v) is 18.2. The van der Waals surface area contributed by atoms with Crippen molar-refractivity contribution in [3.63, 3.8) is 0 Å². The first-order valence-electron chi connectivity index (χ1n) is 32.0. The maximum Gasteiger partial charge on any atom is 0.315 e. The van der Waals surface area contributed by atoms with E-state index in [4.69, 9.17) is 56.8 Å². The molecule has 30 heteroatoms. The number of fused-ring (bicyclic) bond motifs is 7. The Morgan fingerprint density at radius 2 is 1.20 bits per heavy atom. The molecule has 0 aromatic carbocycles. The van der Waals surface area contributed by atoms with Gasteiger partial charge in [0.15, 0.2) is 43.5 Å². The summed E-state index contributed by atoms with van der Waals surface area (Å²) in [6.07, 6.45) is -34.0. The van der Waals surface area contributed by atoms with Crippen LogP contribution in [0.3, 0.4) is 0 Å². The second kappa shape index (κ2) is 26.2. The van der Waals surface area contributed by atoms with E-state index in [1.807, 2.05) is 6.92 Å². The van der Waals surface area contributed by atoms with Crippen LogP contribution in [0.5, 0.6) is 0 Å². The average Bonchev–Trinajstić information content (AvgIpc) is 0.727. The molecule has 0 bridgehead atoms. The van der Waals surface area contributed by atoms with Gasteiger partial charge in [-0.15, -0.1) is 0 Å². The summed E-state index contributed by atoms with van der Waals surface area (Å²) in [6, 6.07) is 0. The van der Waals surface area contributed by atoms with E-state index in [0.717, 1.165) is 19.4 Å². The highest BCUT2D eigenvalue weighted by Gasteiger charge is 2.74. The first kappa shape index (κ1) is 71.5. The third-order valence-corrected chi connectivity index (χ3v) is 23.4. The second-order valence-electron chi connectivity index (χ2n) is 29.3. The Morgan fingerprint density at radius 3 is 1.83 bits per heavy atom. The van der Waals surface area contributed by atoms with Crippen molar-refractivity contribution in [3.05, 3.63) is 11.6 Å². The fraction of sp³-hybridized carbons (Fsp3) is 0.903. The van der Waals surface area contributed by atoms with Crippen molar-refractivity contribution >= 4 is 23.9 Å². The molecular formula is C62H96O30. The summed E-state index contributed by atoms with van der Waals surface area (Å²) < 4.78 is 72.7. The van der Waals surface area contributed by atoms with Crippen LogP contribution in [0.2, 0.25) is 0 Å². The summed E-state index contributed by atoms with van der Waals surface area (Å²) in [6.45, 7) is 11.5. The molecule has 32 atom stereocenters. The molecule has 0 radical (unpaired) electrons. The number of esters is 3. The summed E-state index contributed by atoms with van der Waals surface area (Å²) in [4.78, 5) is 55.9. The Bertz CT molecular complexity index is 2720. The Balaban J connectivity index is 0.971. The van der Waals surface area contributed by atoms with Gasteiger partial charge in [-0.1, -0.05) is 39.3 Å². The number of ether oxygens (including phenoxy) is 12. The molecule has 30 nitrogen and oxygen atoms in total. The molecule has 0 aromatic rings. The minimum atomic E-state index is -2.23. The number of allylic oxidation sites excluding steroid dienone is 1. The minimum Gasteiger partial charge on any atom is -0.481 e. The van der Waals surface area contributed by atoms with Crippen molar-refractivity contribution in [2.45, 2.75) is 267 Å². The van der Waals surface area contributed by atoms with Crippen molar-refractivity contribution in [2.75, 3.05) is 33.0 Å². The van der Waals surface area contributed by atoms with E-state index in [1.165, 1.54) is 20.8 Å². The van der Waals surface area contributed by atoms with Crippen LogP contribution >= 0.6 is 0 Å². The number of carboxylic acids is 1. The monoisotopic (exact) mass is 1320 g/mol. The molecule has 5 heterocycles. The van der Waals surface area contributed by atoms with E-state index in [0.29, 0.717) is 25.7 Å². The lowest BCUT2D eigenvalue weighted by molar-refractivity contribution is -0.384. The molecule has 0 aromatic heterocycles. The Kier molecular flexibility index (Phi) is 20.4. The van der Waals surface area contributed by atoms with Gasteiger partial charge < -0.3 is 128 Å². The van der Waals surface area contributed by atoms with Crippen molar-refractivity contribution < 1.29 is 148 Å². The third-order valence-electron chi connectivity index (χ3n) is 23.4. The van der Waals surface area contributed by atoms with Gasteiger partial charge in [-0.25, -0.2) is 0 Å². The average molecular weight is 1320 g/mol. The third kappa shape index (κ3) is 11.9. The van der Waals surface area contributed by atoms with Crippen LogP contribution in [0.25, 0.3) is 0 Å². The van der Waals surface area contributed by atoms with Crippen LogP contribution in [0, 0.1) is 50.2 Å². The van der Waals surface area contributed by atoms with Gasteiger partial charge >= 0.3 is 23.9 Å². The molecule has 92 heavy (non-hydrogen) atoms. The molecule has 10 aliphatic rings. The van der Waals surface area contributed by atoms with Crippen molar-refractivity contribution in [3.8, 4) is 0 Å². The van der Waals surface area contributed by atoms with Gasteiger partial charge in [-0.2, -0.15) is 0 Å². The van der Waals surface area contributed by atoms with Crippen LogP contribution in [0.4, 0.5) is 0 Å². The summed E-state index contributed by atoms with van der Waals surface area (Å²) in [5.74, 6) is -5.50. The lowest BCUT2D eigenvalue weighted by Gasteiger charge is -2.71. The van der Waals surface area contributed by atoms with Gasteiger partial charge in [-0.3, -0.25) is 19.2 Å². The van der Waals surface area contributed by atoms with E-state index in [9.17, 15) is 85.9 Å². The molecule has 9 fully saturated rings. The molecule has 0 unspecified atom stereocenters. The van der Waals surface area contributed by atoms with Crippen molar-refractivity contribution in [1.29, 1.82) is 0 Å². The fourth-order valence-electron chi connectivity index (χ4n) is 18.2. The van der Waals surface area contributed by atoms with E-state index in [1.54, 1.807) is 0 Å². The topological polar surface area (TPSA) is 462 Å². The number of hydrogen-bond acceptors (Lipinski definition) is 29. The van der Waals surface area contributed by atoms with Crippen LogP contribution in [0.1, 0.15) is 120 Å². The molecule has 0 spiro atoms. The number of aliphatic hydroxyl groups is 13. The standard InChI is InChI=1S/C62H96O30/c1-25-42(88-49-39(73)36(70)32(69)21-81-49)44(89-53-47(76)62(80,23-65)24-82-53)41(75)51(83-25)90-46-45(86-28(4)67)43(85-27(3)66)26(2)84-52(46)92-55(79)60-15-14-56(5,6)18-30(60)29-10-11-34-57(7)19-31(68)48(91-50-40(74)38(72)37(71)33(20-63)87-50)59(9,54(77)78)35(57)12-13-58(34,8)61(29,22-64)17-16-60/h10,25-26,30-53,63-65,68-76,80H,11-24H2,1-9H3,(H,77,78)/t25-,26+,30-,31-,32+,33+,34+,35+,36-,37+,38-,39+,40+,41+,42-,43-,44-,45-,46+,47-,48-,49-,50-,51-,52-,53-,57+,58+,59-,60-,61-,62+/m0/s1. The number of carbonyl (C=O) groups is 4. The zero-order valence-corrected chi connectivity index (χ0v) is 53.3. The van der Waals surface area contributed by atoms with Crippen LogP contribution < -0.4 is 0 Å². The molecule has 4 saturated carbocycles. The zero-order valence-electron chi connectivity index (χ0n) is 53.3. The lowest BCUT2D eigenvalue weighted by Crippen LogP contribution is -2.71. The largest absolute Gasteiger partial charge is 0.481 e. The molecule has 10 rings (SSSR count). The van der Waals surface area contributed by atoms with Crippen molar-refractivity contribution in [1.82, 2.24) is 0 Å². The predicted molar refractivity (Wildman–Crippen MR) is 304 cm³/mol. The number of rotatable bonds is 16. The molecular weight excluding hydrogens is 1220 g/mol. The normalized spacial score (nSPS) is 51.6. The molecule has 5 aliphatic heterocycles. The number of aliphatic hydroxyl groups excluding tert-OH is 12.